The molecule has 0 bridgehead atoms. The largest absolute Gasteiger partial charge is 0.478 e. The van der Waals surface area contributed by atoms with Gasteiger partial charge in [0.25, 0.3) is 0 Å². The van der Waals surface area contributed by atoms with E-state index in [0.717, 1.165) is 5.56 Å². The van der Waals surface area contributed by atoms with Crippen LogP contribution in [0.1, 0.15) is 27.2 Å². The number of fused-ring (bicyclic) bond motifs is 1. The number of carboxylic acid groups (broad SMARTS) is 1. The van der Waals surface area contributed by atoms with Crippen LogP contribution in [0.5, 0.6) is 5.88 Å². The first kappa shape index (κ1) is 16.3. The van der Waals surface area contributed by atoms with Crippen molar-refractivity contribution in [3.05, 3.63) is 63.6 Å². The summed E-state index contributed by atoms with van der Waals surface area (Å²) in [4.78, 5) is 11.4. The number of pyridine rings is 1. The second kappa shape index (κ2) is 6.13. The van der Waals surface area contributed by atoms with Crippen molar-refractivity contribution in [3.8, 4) is 5.88 Å². The van der Waals surface area contributed by atoms with Gasteiger partial charge in [0, 0.05) is 11.6 Å². The number of benzene rings is 1. The first-order valence-corrected chi connectivity index (χ1v) is 7.55. The minimum Gasteiger partial charge on any atom is -0.478 e. The lowest BCUT2D eigenvalue weighted by molar-refractivity contribution is 0.0698. The van der Waals surface area contributed by atoms with E-state index in [1.54, 1.807) is 25.1 Å². The zero-order chi connectivity index (χ0) is 17.4. The molecule has 0 amide bonds. The van der Waals surface area contributed by atoms with Gasteiger partial charge < -0.3 is 9.84 Å². The number of carboxylic acids is 1. The molecule has 0 atom stereocenters. The Kier molecular flexibility index (Phi) is 4.15. The first-order chi connectivity index (χ1) is 11.4. The number of aromatic nitrogens is 2. The van der Waals surface area contributed by atoms with Crippen LogP contribution >= 0.6 is 11.6 Å². The van der Waals surface area contributed by atoms with Crippen LogP contribution in [0, 0.1) is 19.7 Å². The van der Waals surface area contributed by atoms with E-state index in [1.807, 2.05) is 6.92 Å². The first-order valence-electron chi connectivity index (χ1n) is 7.17. The van der Waals surface area contributed by atoms with E-state index >= 15 is 0 Å². The molecular weight excluding hydrogens is 335 g/mol. The molecule has 0 aliphatic carbocycles. The molecule has 2 heterocycles. The van der Waals surface area contributed by atoms with Crippen LogP contribution in [0.15, 0.2) is 30.3 Å². The summed E-state index contributed by atoms with van der Waals surface area (Å²) in [5, 5.41) is 13.8. The minimum atomic E-state index is -1.06. The van der Waals surface area contributed by atoms with E-state index in [-0.39, 0.29) is 22.8 Å². The number of ether oxygens (including phenoxy) is 1. The van der Waals surface area contributed by atoms with Gasteiger partial charge in [-0.3, -0.25) is 0 Å². The fraction of sp³-hybridized carbons (Fsp3) is 0.176. The molecule has 7 heteroatoms. The minimum absolute atomic E-state index is 0.0919. The molecule has 24 heavy (non-hydrogen) atoms. The molecule has 0 saturated carbocycles. The Balaban J connectivity index is 2.04. The van der Waals surface area contributed by atoms with Crippen LogP contribution in [-0.2, 0) is 6.61 Å². The number of hydrogen-bond acceptors (Lipinski definition) is 3. The molecule has 0 unspecified atom stereocenters. The van der Waals surface area contributed by atoms with Gasteiger partial charge in [-0.1, -0.05) is 17.7 Å². The molecule has 0 radical (unpaired) electrons. The molecule has 3 aromatic rings. The summed E-state index contributed by atoms with van der Waals surface area (Å²) in [5.41, 5.74) is 1.96. The molecular formula is C17H14ClFN2O3. The third-order valence-electron chi connectivity index (χ3n) is 3.66. The second-order valence-corrected chi connectivity index (χ2v) is 5.83. The van der Waals surface area contributed by atoms with Gasteiger partial charge >= 0.3 is 5.97 Å². The highest BCUT2D eigenvalue weighted by atomic mass is 35.5. The number of aromatic carboxylic acids is 1. The Morgan fingerprint density at radius 2 is 2.12 bits per heavy atom. The predicted octanol–water partition coefficient (Wildman–Crippen LogP) is 4.02. The summed E-state index contributed by atoms with van der Waals surface area (Å²) in [6.45, 7) is 3.34. The van der Waals surface area contributed by atoms with Gasteiger partial charge in [-0.15, -0.1) is 0 Å². The van der Waals surface area contributed by atoms with Gasteiger partial charge in [-0.2, -0.15) is 9.61 Å². The quantitative estimate of drug-likeness (QED) is 0.773. The highest BCUT2D eigenvalue weighted by Crippen LogP contribution is 2.25. The van der Waals surface area contributed by atoms with Crippen LogP contribution < -0.4 is 4.74 Å². The second-order valence-electron chi connectivity index (χ2n) is 5.42. The van der Waals surface area contributed by atoms with Crippen LogP contribution in [0.25, 0.3) is 5.52 Å². The molecule has 1 aromatic carbocycles. The van der Waals surface area contributed by atoms with E-state index in [0.29, 0.717) is 17.1 Å². The number of halogens is 2. The fourth-order valence-electron chi connectivity index (χ4n) is 2.54. The Hall–Kier alpha value is -2.60. The molecule has 0 fully saturated rings. The Morgan fingerprint density at radius 1 is 1.38 bits per heavy atom. The normalized spacial score (nSPS) is 11.0. The summed E-state index contributed by atoms with van der Waals surface area (Å²) in [5.74, 6) is -1.20. The molecule has 124 valence electrons. The average molecular weight is 349 g/mol. The number of rotatable bonds is 4. The molecule has 0 aliphatic heterocycles. The van der Waals surface area contributed by atoms with Crippen molar-refractivity contribution in [2.75, 3.05) is 0 Å². The zero-order valence-electron chi connectivity index (χ0n) is 13.0. The van der Waals surface area contributed by atoms with Crippen molar-refractivity contribution in [3.63, 3.8) is 0 Å². The fourth-order valence-corrected chi connectivity index (χ4v) is 2.76. The average Bonchev–Trinajstić information content (AvgIpc) is 2.82. The Morgan fingerprint density at radius 3 is 2.79 bits per heavy atom. The number of hydrogen-bond donors (Lipinski definition) is 1. The molecule has 2 aromatic heterocycles. The summed E-state index contributed by atoms with van der Waals surface area (Å²) >= 11 is 6.00. The Bertz CT molecular complexity index is 932. The molecule has 1 N–H and O–H groups in total. The smallest absolute Gasteiger partial charge is 0.339 e. The number of aryl methyl sites for hydroxylation is 2. The molecule has 0 saturated heterocycles. The van der Waals surface area contributed by atoms with Crippen LogP contribution in [-0.4, -0.2) is 20.7 Å². The summed E-state index contributed by atoms with van der Waals surface area (Å²) in [6.07, 6.45) is 0. The van der Waals surface area contributed by atoms with Gasteiger partial charge in [0.1, 0.15) is 18.0 Å². The third-order valence-corrected chi connectivity index (χ3v) is 4.01. The lowest BCUT2D eigenvalue weighted by atomic mass is 10.2. The highest BCUT2D eigenvalue weighted by Gasteiger charge is 2.19. The van der Waals surface area contributed by atoms with Crippen molar-refractivity contribution >= 4 is 23.1 Å². The number of carbonyl (C=O) groups is 1. The lowest BCUT2D eigenvalue weighted by Gasteiger charge is -2.11. The monoisotopic (exact) mass is 348 g/mol. The van der Waals surface area contributed by atoms with Gasteiger partial charge in [-0.05, 0) is 37.6 Å². The lowest BCUT2D eigenvalue weighted by Crippen LogP contribution is -2.04. The SMILES string of the molecule is Cc1cc(OCc2c(F)cccc2Cl)n2nc(C)c(C(=O)O)c2c1. The molecule has 5 nitrogen and oxygen atoms in total. The number of nitrogens with zero attached hydrogens (tertiary/aromatic N) is 2. The highest BCUT2D eigenvalue weighted by molar-refractivity contribution is 6.31. The maximum atomic E-state index is 13.9. The molecule has 0 aliphatic rings. The zero-order valence-corrected chi connectivity index (χ0v) is 13.8. The standard InChI is InChI=1S/C17H14ClFN2O3/c1-9-6-14-16(17(22)23)10(2)20-21(14)15(7-9)24-8-11-12(18)4-3-5-13(11)19/h3-7H,8H2,1-2H3,(H,22,23). The molecule has 0 spiro atoms. The van der Waals surface area contributed by atoms with Crippen molar-refractivity contribution in [2.24, 2.45) is 0 Å². The predicted molar refractivity (Wildman–Crippen MR) is 87.4 cm³/mol. The summed E-state index contributed by atoms with van der Waals surface area (Å²) in [6, 6.07) is 7.82. The maximum Gasteiger partial charge on any atom is 0.339 e. The van der Waals surface area contributed by atoms with Crippen LogP contribution in [0.3, 0.4) is 0 Å². The van der Waals surface area contributed by atoms with E-state index in [1.165, 1.54) is 16.6 Å². The van der Waals surface area contributed by atoms with E-state index in [9.17, 15) is 14.3 Å². The maximum absolute atomic E-state index is 13.9. The van der Waals surface area contributed by atoms with Gasteiger partial charge in [0.2, 0.25) is 5.88 Å². The van der Waals surface area contributed by atoms with Crippen molar-refractivity contribution in [1.29, 1.82) is 0 Å². The Labute approximate surface area is 142 Å². The van der Waals surface area contributed by atoms with Gasteiger partial charge in [-0.25, -0.2) is 9.18 Å². The van der Waals surface area contributed by atoms with Gasteiger partial charge in [0.05, 0.1) is 16.2 Å². The van der Waals surface area contributed by atoms with Crippen molar-refractivity contribution in [1.82, 2.24) is 9.61 Å². The summed E-state index contributed by atoms with van der Waals surface area (Å²) < 4.78 is 20.9. The van der Waals surface area contributed by atoms with Crippen LogP contribution in [0.4, 0.5) is 4.39 Å². The summed E-state index contributed by atoms with van der Waals surface area (Å²) in [7, 11) is 0. The van der Waals surface area contributed by atoms with Crippen molar-refractivity contribution in [2.45, 2.75) is 20.5 Å². The van der Waals surface area contributed by atoms with E-state index in [2.05, 4.69) is 5.10 Å². The topological polar surface area (TPSA) is 63.8 Å². The third kappa shape index (κ3) is 2.80. The van der Waals surface area contributed by atoms with E-state index in [4.69, 9.17) is 16.3 Å². The van der Waals surface area contributed by atoms with E-state index < -0.39 is 11.8 Å². The molecule has 3 rings (SSSR count). The van der Waals surface area contributed by atoms with Crippen LogP contribution in [0.2, 0.25) is 5.02 Å². The van der Waals surface area contributed by atoms with Crippen molar-refractivity contribution < 1.29 is 19.0 Å². The van der Waals surface area contributed by atoms with Gasteiger partial charge in [0.15, 0.2) is 0 Å².